The van der Waals surface area contributed by atoms with Crippen molar-refractivity contribution in [3.05, 3.63) is 84.1 Å². The van der Waals surface area contributed by atoms with Gasteiger partial charge in [0, 0.05) is 34.1 Å². The molecule has 0 radical (unpaired) electrons. The maximum absolute atomic E-state index is 6.03. The van der Waals surface area contributed by atoms with Crippen LogP contribution in [-0.2, 0) is 0 Å². The molecule has 0 aliphatic heterocycles. The van der Waals surface area contributed by atoms with Gasteiger partial charge in [-0.2, -0.15) is 0 Å². The standard InChI is InChI=1S/C22H16ClN3O/c1-27-19-8-4-16(5-9-19)21-14-20(15-2-6-18(23)7-3-15)25-22(26-21)17-10-12-24-13-11-17/h2-14H,1H3. The largest absolute Gasteiger partial charge is 0.497 e. The van der Waals surface area contributed by atoms with E-state index in [1.807, 2.05) is 66.7 Å². The highest BCUT2D eigenvalue weighted by atomic mass is 35.5. The van der Waals surface area contributed by atoms with Crippen molar-refractivity contribution in [3.63, 3.8) is 0 Å². The first-order chi connectivity index (χ1) is 13.2. The Hall–Kier alpha value is -3.24. The Morgan fingerprint density at radius 2 is 1.26 bits per heavy atom. The zero-order valence-corrected chi connectivity index (χ0v) is 15.4. The van der Waals surface area contributed by atoms with E-state index in [4.69, 9.17) is 26.3 Å². The Labute approximate surface area is 162 Å². The summed E-state index contributed by atoms with van der Waals surface area (Å²) in [6.07, 6.45) is 3.47. The number of benzene rings is 2. The topological polar surface area (TPSA) is 47.9 Å². The summed E-state index contributed by atoms with van der Waals surface area (Å²) in [5, 5.41) is 0.692. The third-order valence-corrected chi connectivity index (χ3v) is 4.44. The molecule has 0 aliphatic rings. The van der Waals surface area contributed by atoms with Crippen LogP contribution >= 0.6 is 11.6 Å². The number of rotatable bonds is 4. The van der Waals surface area contributed by atoms with Gasteiger partial charge in [0.1, 0.15) is 5.75 Å². The molecule has 0 saturated carbocycles. The predicted molar refractivity (Wildman–Crippen MR) is 108 cm³/mol. The summed E-state index contributed by atoms with van der Waals surface area (Å²) in [6, 6.07) is 21.2. The molecule has 2 aromatic heterocycles. The number of ether oxygens (including phenoxy) is 1. The van der Waals surface area contributed by atoms with Gasteiger partial charge in [0.2, 0.25) is 0 Å². The van der Waals surface area contributed by atoms with Gasteiger partial charge >= 0.3 is 0 Å². The SMILES string of the molecule is COc1ccc(-c2cc(-c3ccc(Cl)cc3)nc(-c3ccncc3)n2)cc1. The molecule has 0 saturated heterocycles. The third kappa shape index (κ3) is 3.81. The summed E-state index contributed by atoms with van der Waals surface area (Å²) in [6.45, 7) is 0. The number of pyridine rings is 1. The fraction of sp³-hybridized carbons (Fsp3) is 0.0455. The normalized spacial score (nSPS) is 10.6. The number of aromatic nitrogens is 3. The lowest BCUT2D eigenvalue weighted by atomic mass is 10.1. The van der Waals surface area contributed by atoms with Gasteiger partial charge in [-0.3, -0.25) is 4.98 Å². The monoisotopic (exact) mass is 373 g/mol. The fourth-order valence-corrected chi connectivity index (χ4v) is 2.88. The molecular weight excluding hydrogens is 358 g/mol. The van der Waals surface area contributed by atoms with Crippen LogP contribution in [0.15, 0.2) is 79.1 Å². The van der Waals surface area contributed by atoms with Crippen LogP contribution in [0.5, 0.6) is 5.75 Å². The summed E-state index contributed by atoms with van der Waals surface area (Å²) >= 11 is 6.03. The van der Waals surface area contributed by atoms with Gasteiger partial charge in [0.25, 0.3) is 0 Å². The van der Waals surface area contributed by atoms with Crippen LogP contribution < -0.4 is 4.74 Å². The van der Waals surface area contributed by atoms with Crippen LogP contribution in [0, 0.1) is 0 Å². The second-order valence-electron chi connectivity index (χ2n) is 5.93. The minimum absolute atomic E-state index is 0.649. The van der Waals surface area contributed by atoms with E-state index < -0.39 is 0 Å². The number of hydrogen-bond acceptors (Lipinski definition) is 4. The summed E-state index contributed by atoms with van der Waals surface area (Å²) in [4.78, 5) is 13.6. The Bertz CT molecular complexity index is 1050. The maximum Gasteiger partial charge on any atom is 0.160 e. The molecule has 4 aromatic rings. The molecule has 0 fully saturated rings. The number of hydrogen-bond donors (Lipinski definition) is 0. The molecule has 0 bridgehead atoms. The van der Waals surface area contributed by atoms with Crippen molar-refractivity contribution >= 4 is 11.6 Å². The Balaban J connectivity index is 1.87. The first-order valence-corrected chi connectivity index (χ1v) is 8.80. The van der Waals surface area contributed by atoms with Gasteiger partial charge < -0.3 is 4.74 Å². The Morgan fingerprint density at radius 3 is 1.81 bits per heavy atom. The van der Waals surface area contributed by atoms with Gasteiger partial charge in [-0.05, 0) is 54.6 Å². The van der Waals surface area contributed by atoms with Crippen LogP contribution in [0.4, 0.5) is 0 Å². The van der Waals surface area contributed by atoms with E-state index in [0.717, 1.165) is 33.8 Å². The lowest BCUT2D eigenvalue weighted by Crippen LogP contribution is -1.96. The van der Waals surface area contributed by atoms with Gasteiger partial charge in [0.15, 0.2) is 5.82 Å². The molecule has 0 spiro atoms. The molecule has 0 atom stereocenters. The molecule has 0 unspecified atom stereocenters. The van der Waals surface area contributed by atoms with Crippen molar-refractivity contribution in [1.29, 1.82) is 0 Å². The zero-order chi connectivity index (χ0) is 18.6. The van der Waals surface area contributed by atoms with Gasteiger partial charge in [0.05, 0.1) is 18.5 Å². The van der Waals surface area contributed by atoms with E-state index in [-0.39, 0.29) is 0 Å². The molecule has 0 amide bonds. The number of methoxy groups -OCH3 is 1. The van der Waals surface area contributed by atoms with Gasteiger partial charge in [-0.25, -0.2) is 9.97 Å². The van der Waals surface area contributed by atoms with Gasteiger partial charge in [-0.1, -0.05) is 23.7 Å². The molecular formula is C22H16ClN3O. The van der Waals surface area contributed by atoms with Crippen LogP contribution in [0.1, 0.15) is 0 Å². The summed E-state index contributed by atoms with van der Waals surface area (Å²) in [7, 11) is 1.65. The van der Waals surface area contributed by atoms with Gasteiger partial charge in [-0.15, -0.1) is 0 Å². The zero-order valence-electron chi connectivity index (χ0n) is 14.6. The van der Waals surface area contributed by atoms with E-state index in [1.165, 1.54) is 0 Å². The molecule has 2 heterocycles. The fourth-order valence-electron chi connectivity index (χ4n) is 2.76. The highest BCUT2D eigenvalue weighted by Gasteiger charge is 2.10. The Kier molecular flexibility index (Phi) is 4.81. The molecule has 2 aromatic carbocycles. The first-order valence-electron chi connectivity index (χ1n) is 8.43. The highest BCUT2D eigenvalue weighted by molar-refractivity contribution is 6.30. The van der Waals surface area contributed by atoms with Crippen molar-refractivity contribution < 1.29 is 4.74 Å². The van der Waals surface area contributed by atoms with Crippen molar-refractivity contribution in [2.24, 2.45) is 0 Å². The van der Waals surface area contributed by atoms with Crippen LogP contribution in [0.3, 0.4) is 0 Å². The molecule has 27 heavy (non-hydrogen) atoms. The van der Waals surface area contributed by atoms with E-state index >= 15 is 0 Å². The van der Waals surface area contributed by atoms with E-state index in [2.05, 4.69) is 4.98 Å². The lowest BCUT2D eigenvalue weighted by molar-refractivity contribution is 0.415. The lowest BCUT2D eigenvalue weighted by Gasteiger charge is -2.10. The van der Waals surface area contributed by atoms with Crippen molar-refractivity contribution in [1.82, 2.24) is 15.0 Å². The average molecular weight is 374 g/mol. The van der Waals surface area contributed by atoms with E-state index in [9.17, 15) is 0 Å². The number of nitrogens with zero attached hydrogens (tertiary/aromatic N) is 3. The van der Waals surface area contributed by atoms with Crippen molar-refractivity contribution in [3.8, 4) is 39.7 Å². The molecule has 0 N–H and O–H groups in total. The minimum Gasteiger partial charge on any atom is -0.497 e. The average Bonchev–Trinajstić information content (AvgIpc) is 2.74. The summed E-state index contributed by atoms with van der Waals surface area (Å²) in [5.41, 5.74) is 4.55. The minimum atomic E-state index is 0.649. The molecule has 5 heteroatoms. The van der Waals surface area contributed by atoms with Crippen molar-refractivity contribution in [2.75, 3.05) is 7.11 Å². The first kappa shape index (κ1) is 17.2. The van der Waals surface area contributed by atoms with E-state index in [1.54, 1.807) is 19.5 Å². The van der Waals surface area contributed by atoms with Crippen LogP contribution in [-0.4, -0.2) is 22.1 Å². The maximum atomic E-state index is 6.03. The summed E-state index contributed by atoms with van der Waals surface area (Å²) in [5.74, 6) is 1.45. The van der Waals surface area contributed by atoms with Crippen molar-refractivity contribution in [2.45, 2.75) is 0 Å². The molecule has 4 nitrogen and oxygen atoms in total. The Morgan fingerprint density at radius 1 is 0.704 bits per heavy atom. The predicted octanol–water partition coefficient (Wildman–Crippen LogP) is 5.53. The third-order valence-electron chi connectivity index (χ3n) is 4.19. The molecule has 0 aliphatic carbocycles. The highest BCUT2D eigenvalue weighted by Crippen LogP contribution is 2.28. The summed E-state index contributed by atoms with van der Waals surface area (Å²) < 4.78 is 5.25. The molecule has 4 rings (SSSR count). The second kappa shape index (κ2) is 7.56. The van der Waals surface area contributed by atoms with E-state index in [0.29, 0.717) is 10.8 Å². The second-order valence-corrected chi connectivity index (χ2v) is 6.37. The van der Waals surface area contributed by atoms with Crippen LogP contribution in [0.25, 0.3) is 33.9 Å². The van der Waals surface area contributed by atoms with Crippen LogP contribution in [0.2, 0.25) is 5.02 Å². The smallest absolute Gasteiger partial charge is 0.160 e. The number of halogens is 1. The quantitative estimate of drug-likeness (QED) is 0.471. The molecule has 132 valence electrons.